The smallest absolute Gasteiger partial charge is 0.253 e. The van der Waals surface area contributed by atoms with Gasteiger partial charge in [-0.05, 0) is 55.7 Å². The molecule has 0 amide bonds. The Morgan fingerprint density at radius 3 is 2.54 bits per heavy atom. The van der Waals surface area contributed by atoms with Crippen molar-refractivity contribution < 1.29 is 9.47 Å². The van der Waals surface area contributed by atoms with Gasteiger partial charge in [-0.2, -0.15) is 0 Å². The minimum atomic E-state index is -0.136. The SMILES string of the molecule is Cc1cccc(CCN(Cc2cc3cc4c(cc3[nH]c2=O)OCCO4)C(=S)N[C@@H](C)c2ccccc2)c1. The van der Waals surface area contributed by atoms with Crippen LogP contribution in [-0.4, -0.2) is 34.8 Å². The maximum atomic E-state index is 13.1. The van der Waals surface area contributed by atoms with E-state index in [1.165, 1.54) is 11.1 Å². The molecule has 0 unspecified atom stereocenters. The predicted molar refractivity (Wildman–Crippen MR) is 151 cm³/mol. The summed E-state index contributed by atoms with van der Waals surface area (Å²) in [6, 6.07) is 24.4. The van der Waals surface area contributed by atoms with Crippen LogP contribution in [0.3, 0.4) is 0 Å². The molecular weight excluding hydrogens is 482 g/mol. The number of fused-ring (bicyclic) bond motifs is 2. The second-order valence-electron chi connectivity index (χ2n) is 9.45. The molecule has 5 rings (SSSR count). The Bertz CT molecular complexity index is 1470. The maximum absolute atomic E-state index is 13.1. The van der Waals surface area contributed by atoms with Crippen LogP contribution in [0.15, 0.2) is 77.6 Å². The van der Waals surface area contributed by atoms with Crippen molar-refractivity contribution in [2.24, 2.45) is 0 Å². The minimum absolute atomic E-state index is 0.0359. The number of nitrogens with zero attached hydrogens (tertiary/aromatic N) is 1. The number of hydrogen-bond donors (Lipinski definition) is 2. The van der Waals surface area contributed by atoms with Crippen molar-refractivity contribution in [1.82, 2.24) is 15.2 Å². The van der Waals surface area contributed by atoms with Gasteiger partial charge in [-0.25, -0.2) is 0 Å². The van der Waals surface area contributed by atoms with E-state index >= 15 is 0 Å². The number of rotatable bonds is 7. The molecule has 1 aromatic heterocycles. The number of aromatic amines is 1. The van der Waals surface area contributed by atoms with Gasteiger partial charge < -0.3 is 24.7 Å². The molecular formula is C30H31N3O3S. The van der Waals surface area contributed by atoms with Gasteiger partial charge in [0.1, 0.15) is 13.2 Å². The highest BCUT2D eigenvalue weighted by Crippen LogP contribution is 2.33. The number of H-pyrrole nitrogens is 1. The first-order chi connectivity index (χ1) is 18.0. The number of pyridine rings is 1. The van der Waals surface area contributed by atoms with Crippen LogP contribution in [-0.2, 0) is 13.0 Å². The van der Waals surface area contributed by atoms with Crippen LogP contribution < -0.4 is 20.3 Å². The normalized spacial score (nSPS) is 13.2. The number of nitrogens with one attached hydrogen (secondary N) is 2. The van der Waals surface area contributed by atoms with E-state index < -0.39 is 0 Å². The highest BCUT2D eigenvalue weighted by Gasteiger charge is 2.18. The molecule has 0 spiro atoms. The van der Waals surface area contributed by atoms with Crippen LogP contribution >= 0.6 is 12.2 Å². The van der Waals surface area contributed by atoms with Crippen molar-refractivity contribution >= 4 is 28.2 Å². The second kappa shape index (κ2) is 11.0. The highest BCUT2D eigenvalue weighted by atomic mass is 32.1. The zero-order chi connectivity index (χ0) is 25.8. The molecule has 6 nitrogen and oxygen atoms in total. The molecule has 0 radical (unpaired) electrons. The van der Waals surface area contributed by atoms with Crippen molar-refractivity contribution in [2.75, 3.05) is 19.8 Å². The molecule has 1 atom stereocenters. The zero-order valence-corrected chi connectivity index (χ0v) is 21.9. The van der Waals surface area contributed by atoms with Gasteiger partial charge in [-0.1, -0.05) is 60.2 Å². The fraction of sp³-hybridized carbons (Fsp3) is 0.267. The Labute approximate surface area is 222 Å². The number of hydrogen-bond acceptors (Lipinski definition) is 4. The van der Waals surface area contributed by atoms with E-state index in [-0.39, 0.29) is 11.6 Å². The topological polar surface area (TPSA) is 66.6 Å². The summed E-state index contributed by atoms with van der Waals surface area (Å²) in [6.07, 6.45) is 0.813. The van der Waals surface area contributed by atoms with Crippen molar-refractivity contribution in [3.63, 3.8) is 0 Å². The average Bonchev–Trinajstić information content (AvgIpc) is 2.90. The summed E-state index contributed by atoms with van der Waals surface area (Å²) >= 11 is 5.88. The number of aryl methyl sites for hydroxylation is 1. The molecule has 0 saturated carbocycles. The molecule has 3 aromatic carbocycles. The predicted octanol–water partition coefficient (Wildman–Crippen LogP) is 5.29. The monoisotopic (exact) mass is 513 g/mol. The van der Waals surface area contributed by atoms with E-state index in [0.717, 1.165) is 22.9 Å². The highest BCUT2D eigenvalue weighted by molar-refractivity contribution is 7.80. The van der Waals surface area contributed by atoms with Crippen LogP contribution in [0, 0.1) is 6.92 Å². The number of ether oxygens (including phenoxy) is 2. The summed E-state index contributed by atoms with van der Waals surface area (Å²) in [5, 5.41) is 4.98. The molecule has 1 aliphatic heterocycles. The quantitative estimate of drug-likeness (QED) is 0.328. The lowest BCUT2D eigenvalue weighted by molar-refractivity contribution is 0.172. The number of aromatic nitrogens is 1. The third-order valence-corrected chi connectivity index (χ3v) is 7.00. The summed E-state index contributed by atoms with van der Waals surface area (Å²) in [6.45, 7) is 6.27. The van der Waals surface area contributed by atoms with Gasteiger partial charge in [-0.15, -0.1) is 0 Å². The van der Waals surface area contributed by atoms with E-state index in [9.17, 15) is 4.79 Å². The Morgan fingerprint density at radius 2 is 1.78 bits per heavy atom. The fourth-order valence-corrected chi connectivity index (χ4v) is 4.93. The van der Waals surface area contributed by atoms with E-state index in [4.69, 9.17) is 21.7 Å². The summed E-state index contributed by atoms with van der Waals surface area (Å²) in [7, 11) is 0. The van der Waals surface area contributed by atoms with Gasteiger partial charge in [0.2, 0.25) is 0 Å². The molecule has 2 N–H and O–H groups in total. The lowest BCUT2D eigenvalue weighted by Gasteiger charge is -2.28. The summed E-state index contributed by atoms with van der Waals surface area (Å²) in [4.78, 5) is 18.2. The summed E-state index contributed by atoms with van der Waals surface area (Å²) < 4.78 is 11.4. The van der Waals surface area contributed by atoms with Gasteiger partial charge in [0, 0.05) is 23.6 Å². The Kier molecular flexibility index (Phi) is 7.42. The number of thiocarbonyl (C=S) groups is 1. The molecule has 0 saturated heterocycles. The van der Waals surface area contributed by atoms with Gasteiger partial charge in [0.15, 0.2) is 16.6 Å². The van der Waals surface area contributed by atoms with Crippen molar-refractivity contribution in [2.45, 2.75) is 32.9 Å². The molecule has 0 aliphatic carbocycles. The van der Waals surface area contributed by atoms with Crippen LogP contribution in [0.5, 0.6) is 11.5 Å². The van der Waals surface area contributed by atoms with Crippen LogP contribution in [0.25, 0.3) is 10.9 Å². The first-order valence-corrected chi connectivity index (χ1v) is 13.0. The van der Waals surface area contributed by atoms with Gasteiger partial charge in [0.25, 0.3) is 5.56 Å². The summed E-state index contributed by atoms with van der Waals surface area (Å²) in [5.41, 5.74) is 4.85. The first-order valence-electron chi connectivity index (χ1n) is 12.6. The average molecular weight is 514 g/mol. The molecule has 190 valence electrons. The Hall–Kier alpha value is -3.84. The van der Waals surface area contributed by atoms with Crippen molar-refractivity contribution in [3.8, 4) is 11.5 Å². The molecule has 4 aromatic rings. The van der Waals surface area contributed by atoms with Crippen LogP contribution in [0.4, 0.5) is 0 Å². The van der Waals surface area contributed by atoms with Crippen LogP contribution in [0.1, 0.15) is 35.2 Å². The molecule has 0 bridgehead atoms. The maximum Gasteiger partial charge on any atom is 0.253 e. The van der Waals surface area contributed by atoms with E-state index in [2.05, 4.69) is 65.4 Å². The number of benzene rings is 3. The van der Waals surface area contributed by atoms with E-state index in [1.54, 1.807) is 0 Å². The summed E-state index contributed by atoms with van der Waals surface area (Å²) in [5.74, 6) is 1.35. The third-order valence-electron chi connectivity index (χ3n) is 6.62. The standard InChI is InChI=1S/C30H31N3O3S/c1-20-7-6-8-22(15-20)11-12-33(30(37)31-21(2)23-9-4-3-5-10-23)19-25-16-24-17-27-28(36-14-13-35-27)18-26(24)32-29(25)34/h3-10,15-18,21H,11-14,19H2,1-2H3,(H,31,37)(H,32,34)/t21-/m0/s1. The van der Waals surface area contributed by atoms with E-state index in [1.807, 2.05) is 36.4 Å². The Morgan fingerprint density at radius 1 is 1.03 bits per heavy atom. The first kappa shape index (κ1) is 24.8. The minimum Gasteiger partial charge on any atom is -0.486 e. The second-order valence-corrected chi connectivity index (χ2v) is 9.84. The van der Waals surface area contributed by atoms with Crippen molar-refractivity contribution in [1.29, 1.82) is 0 Å². The molecule has 37 heavy (non-hydrogen) atoms. The Balaban J connectivity index is 1.41. The van der Waals surface area contributed by atoms with E-state index in [0.29, 0.717) is 48.5 Å². The lowest BCUT2D eigenvalue weighted by Crippen LogP contribution is -2.42. The van der Waals surface area contributed by atoms with Gasteiger partial charge in [0.05, 0.1) is 18.1 Å². The largest absolute Gasteiger partial charge is 0.486 e. The van der Waals surface area contributed by atoms with Crippen molar-refractivity contribution in [3.05, 3.63) is 105 Å². The molecule has 0 fully saturated rings. The molecule has 2 heterocycles. The van der Waals surface area contributed by atoms with Gasteiger partial charge in [-0.3, -0.25) is 4.79 Å². The molecule has 7 heteroatoms. The van der Waals surface area contributed by atoms with Crippen LogP contribution in [0.2, 0.25) is 0 Å². The third kappa shape index (κ3) is 5.94. The lowest BCUT2D eigenvalue weighted by atomic mass is 10.1. The zero-order valence-electron chi connectivity index (χ0n) is 21.1. The molecule has 1 aliphatic rings. The fourth-order valence-electron chi connectivity index (χ4n) is 4.60. The van der Waals surface area contributed by atoms with Gasteiger partial charge >= 0.3 is 0 Å².